The Morgan fingerprint density at radius 2 is 2.21 bits per heavy atom. The molecule has 14 heavy (non-hydrogen) atoms. The second kappa shape index (κ2) is 3.38. The molecule has 0 aliphatic carbocycles. The standard InChI is InChI=1S/C10H14N4/c1-6(7(2)11)10-13-8-3-4-12-5-9(8)14-10/h3-7H,11H2,1-2H3,(H,13,14). The third-order valence-corrected chi connectivity index (χ3v) is 2.52. The van der Waals surface area contributed by atoms with E-state index in [2.05, 4.69) is 21.9 Å². The first kappa shape index (κ1) is 9.15. The maximum Gasteiger partial charge on any atom is 0.111 e. The van der Waals surface area contributed by atoms with Gasteiger partial charge in [0.05, 0.1) is 17.2 Å². The van der Waals surface area contributed by atoms with Crippen LogP contribution in [0.3, 0.4) is 0 Å². The topological polar surface area (TPSA) is 67.6 Å². The fourth-order valence-corrected chi connectivity index (χ4v) is 1.34. The number of hydrogen-bond acceptors (Lipinski definition) is 3. The van der Waals surface area contributed by atoms with Gasteiger partial charge in [0.15, 0.2) is 0 Å². The van der Waals surface area contributed by atoms with Gasteiger partial charge in [-0.1, -0.05) is 6.92 Å². The second-order valence-electron chi connectivity index (χ2n) is 3.66. The summed E-state index contributed by atoms with van der Waals surface area (Å²) in [6.07, 6.45) is 3.52. The number of aromatic amines is 1. The Bertz CT molecular complexity index is 399. The van der Waals surface area contributed by atoms with Crippen molar-refractivity contribution in [3.8, 4) is 0 Å². The summed E-state index contributed by atoms with van der Waals surface area (Å²) in [5, 5.41) is 0. The third-order valence-electron chi connectivity index (χ3n) is 2.52. The van der Waals surface area contributed by atoms with Gasteiger partial charge in [-0.15, -0.1) is 0 Å². The van der Waals surface area contributed by atoms with Crippen molar-refractivity contribution in [1.29, 1.82) is 0 Å². The van der Waals surface area contributed by atoms with Crippen LogP contribution in [-0.2, 0) is 0 Å². The molecule has 2 rings (SSSR count). The van der Waals surface area contributed by atoms with E-state index >= 15 is 0 Å². The van der Waals surface area contributed by atoms with Gasteiger partial charge in [-0.2, -0.15) is 0 Å². The van der Waals surface area contributed by atoms with Crippen molar-refractivity contribution in [2.75, 3.05) is 0 Å². The van der Waals surface area contributed by atoms with E-state index < -0.39 is 0 Å². The summed E-state index contributed by atoms with van der Waals surface area (Å²) in [7, 11) is 0. The number of imidazole rings is 1. The highest BCUT2D eigenvalue weighted by Crippen LogP contribution is 2.18. The maximum atomic E-state index is 5.81. The molecule has 0 saturated heterocycles. The molecule has 2 heterocycles. The molecule has 0 saturated carbocycles. The van der Waals surface area contributed by atoms with Crippen LogP contribution in [-0.4, -0.2) is 21.0 Å². The molecule has 0 radical (unpaired) electrons. The zero-order valence-electron chi connectivity index (χ0n) is 8.36. The van der Waals surface area contributed by atoms with E-state index in [4.69, 9.17) is 5.73 Å². The minimum absolute atomic E-state index is 0.100. The van der Waals surface area contributed by atoms with Crippen molar-refractivity contribution in [3.63, 3.8) is 0 Å². The van der Waals surface area contributed by atoms with Crippen LogP contribution in [0, 0.1) is 0 Å². The van der Waals surface area contributed by atoms with Crippen molar-refractivity contribution >= 4 is 11.0 Å². The number of rotatable bonds is 2. The maximum absolute atomic E-state index is 5.81. The smallest absolute Gasteiger partial charge is 0.111 e. The molecule has 0 fully saturated rings. The first-order valence-corrected chi connectivity index (χ1v) is 4.73. The van der Waals surface area contributed by atoms with E-state index in [1.807, 2.05) is 13.0 Å². The number of fused-ring (bicyclic) bond motifs is 1. The Balaban J connectivity index is 2.45. The lowest BCUT2D eigenvalue weighted by Crippen LogP contribution is -2.23. The largest absolute Gasteiger partial charge is 0.340 e. The Kier molecular flexibility index (Phi) is 2.21. The van der Waals surface area contributed by atoms with Gasteiger partial charge >= 0.3 is 0 Å². The summed E-state index contributed by atoms with van der Waals surface area (Å²) in [4.78, 5) is 11.7. The number of pyridine rings is 1. The molecule has 0 aromatic carbocycles. The summed E-state index contributed by atoms with van der Waals surface area (Å²) in [6.45, 7) is 4.05. The fourth-order valence-electron chi connectivity index (χ4n) is 1.34. The van der Waals surface area contributed by atoms with Gasteiger partial charge in [0.1, 0.15) is 5.82 Å². The number of H-pyrrole nitrogens is 1. The van der Waals surface area contributed by atoms with E-state index in [9.17, 15) is 0 Å². The molecule has 0 spiro atoms. The fraction of sp³-hybridized carbons (Fsp3) is 0.400. The van der Waals surface area contributed by atoms with Crippen molar-refractivity contribution in [3.05, 3.63) is 24.3 Å². The Morgan fingerprint density at radius 1 is 1.43 bits per heavy atom. The molecule has 4 nitrogen and oxygen atoms in total. The summed E-state index contributed by atoms with van der Waals surface area (Å²) in [5.74, 6) is 1.17. The van der Waals surface area contributed by atoms with Crippen LogP contribution >= 0.6 is 0 Å². The van der Waals surface area contributed by atoms with Crippen molar-refractivity contribution < 1.29 is 0 Å². The van der Waals surface area contributed by atoms with Gasteiger partial charge in [0.2, 0.25) is 0 Å². The molecular weight excluding hydrogens is 176 g/mol. The highest BCUT2D eigenvalue weighted by Gasteiger charge is 2.14. The first-order valence-electron chi connectivity index (χ1n) is 4.73. The number of nitrogens with zero attached hydrogens (tertiary/aromatic N) is 2. The molecule has 2 unspecified atom stereocenters. The molecule has 4 heteroatoms. The summed E-state index contributed by atoms with van der Waals surface area (Å²) < 4.78 is 0. The number of hydrogen-bond donors (Lipinski definition) is 2. The molecule has 0 bridgehead atoms. The molecule has 0 aliphatic heterocycles. The SMILES string of the molecule is CC(N)C(C)c1nc2ccncc2[nH]1. The van der Waals surface area contributed by atoms with Crippen molar-refractivity contribution in [2.45, 2.75) is 25.8 Å². The number of nitrogens with two attached hydrogens (primary N) is 1. The molecule has 0 amide bonds. The highest BCUT2D eigenvalue weighted by atomic mass is 14.9. The van der Waals surface area contributed by atoms with Gasteiger partial charge in [0, 0.05) is 18.2 Å². The predicted molar refractivity (Wildman–Crippen MR) is 56.0 cm³/mol. The Labute approximate surface area is 82.6 Å². The van der Waals surface area contributed by atoms with Gasteiger partial charge in [-0.25, -0.2) is 4.98 Å². The lowest BCUT2D eigenvalue weighted by Gasteiger charge is -2.11. The molecule has 0 aliphatic rings. The van der Waals surface area contributed by atoms with E-state index in [0.29, 0.717) is 0 Å². The van der Waals surface area contributed by atoms with Crippen molar-refractivity contribution in [1.82, 2.24) is 15.0 Å². The average molecular weight is 190 g/mol. The zero-order chi connectivity index (χ0) is 10.1. The van der Waals surface area contributed by atoms with Crippen LogP contribution in [0.5, 0.6) is 0 Å². The zero-order valence-corrected chi connectivity index (χ0v) is 8.36. The summed E-state index contributed by atoms with van der Waals surface area (Å²) in [6, 6.07) is 1.99. The van der Waals surface area contributed by atoms with Gasteiger partial charge < -0.3 is 10.7 Å². The first-order chi connectivity index (χ1) is 6.68. The Morgan fingerprint density at radius 3 is 2.86 bits per heavy atom. The second-order valence-corrected chi connectivity index (χ2v) is 3.66. The van der Waals surface area contributed by atoms with Gasteiger partial charge in [0.25, 0.3) is 0 Å². The van der Waals surface area contributed by atoms with E-state index in [1.165, 1.54) is 0 Å². The van der Waals surface area contributed by atoms with E-state index in [-0.39, 0.29) is 12.0 Å². The minimum atomic E-state index is 0.100. The van der Waals surface area contributed by atoms with Crippen molar-refractivity contribution in [2.24, 2.45) is 5.73 Å². The predicted octanol–water partition coefficient (Wildman–Crippen LogP) is 1.41. The summed E-state index contributed by atoms with van der Waals surface area (Å²) >= 11 is 0. The number of nitrogens with one attached hydrogen (secondary N) is 1. The third kappa shape index (κ3) is 1.48. The van der Waals surface area contributed by atoms with Crippen LogP contribution in [0.4, 0.5) is 0 Å². The molecule has 74 valence electrons. The Hall–Kier alpha value is -1.42. The lowest BCUT2D eigenvalue weighted by atomic mass is 10.0. The van der Waals surface area contributed by atoms with E-state index in [0.717, 1.165) is 16.9 Å². The van der Waals surface area contributed by atoms with Crippen LogP contribution in [0.15, 0.2) is 18.5 Å². The highest BCUT2D eigenvalue weighted by molar-refractivity contribution is 5.73. The molecule has 3 N–H and O–H groups in total. The molecule has 2 aromatic rings. The summed E-state index contributed by atoms with van der Waals surface area (Å²) in [5.41, 5.74) is 7.73. The lowest BCUT2D eigenvalue weighted by molar-refractivity contribution is 0.588. The normalized spacial score (nSPS) is 15.6. The van der Waals surface area contributed by atoms with Crippen LogP contribution < -0.4 is 5.73 Å². The molecule has 2 atom stereocenters. The van der Waals surface area contributed by atoms with Crippen LogP contribution in [0.1, 0.15) is 25.6 Å². The molecular formula is C10H14N4. The monoisotopic (exact) mass is 190 g/mol. The number of aromatic nitrogens is 3. The average Bonchev–Trinajstić information content (AvgIpc) is 2.59. The van der Waals surface area contributed by atoms with Crippen LogP contribution in [0.25, 0.3) is 11.0 Å². The van der Waals surface area contributed by atoms with Crippen LogP contribution in [0.2, 0.25) is 0 Å². The minimum Gasteiger partial charge on any atom is -0.340 e. The van der Waals surface area contributed by atoms with Gasteiger partial charge in [-0.3, -0.25) is 4.98 Å². The molecule has 2 aromatic heterocycles. The van der Waals surface area contributed by atoms with E-state index in [1.54, 1.807) is 12.4 Å². The quantitative estimate of drug-likeness (QED) is 0.752. The van der Waals surface area contributed by atoms with Gasteiger partial charge in [-0.05, 0) is 13.0 Å².